The number of hydrogen-bond donors (Lipinski definition) is 0. The summed E-state index contributed by atoms with van der Waals surface area (Å²) < 4.78 is 4.77. The van der Waals surface area contributed by atoms with Gasteiger partial charge in [0, 0.05) is 25.2 Å². The van der Waals surface area contributed by atoms with Crippen molar-refractivity contribution < 1.29 is 14.5 Å². The van der Waals surface area contributed by atoms with Crippen molar-refractivity contribution in [2.75, 3.05) is 25.1 Å². The van der Waals surface area contributed by atoms with E-state index < -0.39 is 4.92 Å². The Kier molecular flexibility index (Phi) is 4.44. The molecule has 7 heteroatoms. The topological polar surface area (TPSA) is 72.7 Å². The number of hydrogen-bond acceptors (Lipinski definition) is 5. The van der Waals surface area contributed by atoms with Crippen molar-refractivity contribution in [2.45, 2.75) is 12.8 Å². The number of piperidine rings is 1. The number of esters is 1. The molecule has 0 unspecified atom stereocenters. The Morgan fingerprint density at radius 3 is 2.90 bits per heavy atom. The number of nitrogens with zero attached hydrogens (tertiary/aromatic N) is 2. The van der Waals surface area contributed by atoms with E-state index in [9.17, 15) is 14.9 Å². The second kappa shape index (κ2) is 6.09. The number of nitro groups is 1. The fourth-order valence-electron chi connectivity index (χ4n) is 2.42. The Labute approximate surface area is 121 Å². The summed E-state index contributed by atoms with van der Waals surface area (Å²) in [5.74, 6) is -0.409. The summed E-state index contributed by atoms with van der Waals surface area (Å²) in [6.07, 6.45) is 1.64. The molecule has 1 fully saturated rings. The first kappa shape index (κ1) is 14.6. The van der Waals surface area contributed by atoms with Crippen LogP contribution >= 0.6 is 11.6 Å². The molecule has 1 aliphatic rings. The van der Waals surface area contributed by atoms with Gasteiger partial charge in [-0.05, 0) is 18.9 Å². The zero-order chi connectivity index (χ0) is 14.7. The van der Waals surface area contributed by atoms with Gasteiger partial charge in [-0.2, -0.15) is 0 Å². The highest BCUT2D eigenvalue weighted by Crippen LogP contribution is 2.32. The Balaban J connectivity index is 2.19. The standard InChI is InChI=1S/C13H15ClN2O4/c1-20-13(17)9-3-2-6-15(8-9)12-5-4-10(16(18)19)7-11(12)14/h4-5,7,9H,2-3,6,8H2,1H3/t9-/m0/s1. The lowest BCUT2D eigenvalue weighted by Gasteiger charge is -2.33. The number of nitro benzene ring substituents is 1. The quantitative estimate of drug-likeness (QED) is 0.487. The minimum Gasteiger partial charge on any atom is -0.469 e. The van der Waals surface area contributed by atoms with Gasteiger partial charge < -0.3 is 9.64 Å². The summed E-state index contributed by atoms with van der Waals surface area (Å²) in [4.78, 5) is 23.8. The molecule has 0 spiro atoms. The highest BCUT2D eigenvalue weighted by Gasteiger charge is 2.27. The average Bonchev–Trinajstić information content (AvgIpc) is 2.46. The summed E-state index contributed by atoms with van der Waals surface area (Å²) >= 11 is 6.11. The molecule has 0 aromatic heterocycles. The van der Waals surface area contributed by atoms with Gasteiger partial charge in [0.25, 0.3) is 5.69 Å². The molecule has 0 radical (unpaired) electrons. The molecule has 1 aromatic carbocycles. The number of carbonyl (C=O) groups is 1. The van der Waals surface area contributed by atoms with Crippen molar-refractivity contribution >= 4 is 28.9 Å². The van der Waals surface area contributed by atoms with Crippen LogP contribution in [-0.2, 0) is 9.53 Å². The number of ether oxygens (including phenoxy) is 1. The number of non-ortho nitro benzene ring substituents is 1. The van der Waals surface area contributed by atoms with Crippen molar-refractivity contribution in [3.8, 4) is 0 Å². The molecule has 1 aliphatic heterocycles. The zero-order valence-electron chi connectivity index (χ0n) is 11.0. The third-order valence-corrected chi connectivity index (χ3v) is 3.74. The fraction of sp³-hybridized carbons (Fsp3) is 0.462. The van der Waals surface area contributed by atoms with Gasteiger partial charge >= 0.3 is 5.97 Å². The minimum atomic E-state index is -0.483. The lowest BCUT2D eigenvalue weighted by atomic mass is 9.97. The molecule has 0 saturated carbocycles. The molecule has 1 heterocycles. The van der Waals surface area contributed by atoms with E-state index in [4.69, 9.17) is 16.3 Å². The van der Waals surface area contributed by atoms with Crippen LogP contribution in [-0.4, -0.2) is 31.1 Å². The number of benzene rings is 1. The SMILES string of the molecule is COC(=O)[C@H]1CCCN(c2ccc([N+](=O)[O-])cc2Cl)C1. The molecular weight excluding hydrogens is 284 g/mol. The predicted molar refractivity (Wildman–Crippen MR) is 75.1 cm³/mol. The van der Waals surface area contributed by atoms with Crippen LogP contribution < -0.4 is 4.90 Å². The monoisotopic (exact) mass is 298 g/mol. The Morgan fingerprint density at radius 1 is 1.55 bits per heavy atom. The summed E-state index contributed by atoms with van der Waals surface area (Å²) in [6.45, 7) is 1.29. The maximum Gasteiger partial charge on any atom is 0.310 e. The zero-order valence-corrected chi connectivity index (χ0v) is 11.8. The van der Waals surface area contributed by atoms with Crippen LogP contribution in [0.5, 0.6) is 0 Å². The van der Waals surface area contributed by atoms with E-state index in [0.29, 0.717) is 17.3 Å². The Hall–Kier alpha value is -1.82. The molecule has 108 valence electrons. The van der Waals surface area contributed by atoms with Gasteiger partial charge in [-0.1, -0.05) is 11.6 Å². The summed E-state index contributed by atoms with van der Waals surface area (Å²) in [5, 5.41) is 11.0. The van der Waals surface area contributed by atoms with E-state index >= 15 is 0 Å². The molecule has 0 amide bonds. The highest BCUT2D eigenvalue weighted by atomic mass is 35.5. The van der Waals surface area contributed by atoms with Crippen LogP contribution in [0.3, 0.4) is 0 Å². The maximum absolute atomic E-state index is 11.6. The van der Waals surface area contributed by atoms with Crippen molar-refractivity contribution in [3.63, 3.8) is 0 Å². The molecule has 1 aromatic rings. The first-order valence-corrected chi connectivity index (χ1v) is 6.67. The normalized spacial score (nSPS) is 18.7. The molecular formula is C13H15ClN2O4. The van der Waals surface area contributed by atoms with E-state index in [1.165, 1.54) is 19.2 Å². The van der Waals surface area contributed by atoms with Crippen LogP contribution in [0, 0.1) is 16.0 Å². The Bertz CT molecular complexity index is 535. The van der Waals surface area contributed by atoms with Gasteiger partial charge in [-0.15, -0.1) is 0 Å². The predicted octanol–water partition coefficient (Wildman–Crippen LogP) is 2.64. The van der Waals surface area contributed by atoms with Crippen LogP contribution in [0.4, 0.5) is 11.4 Å². The highest BCUT2D eigenvalue weighted by molar-refractivity contribution is 6.33. The lowest BCUT2D eigenvalue weighted by molar-refractivity contribution is -0.384. The number of halogens is 1. The van der Waals surface area contributed by atoms with Crippen molar-refractivity contribution in [1.82, 2.24) is 0 Å². The number of methoxy groups -OCH3 is 1. The van der Waals surface area contributed by atoms with Crippen LogP contribution in [0.15, 0.2) is 18.2 Å². The summed E-state index contributed by atoms with van der Waals surface area (Å²) in [5.41, 5.74) is 0.672. The molecule has 0 aliphatic carbocycles. The molecule has 2 rings (SSSR count). The second-order valence-electron chi connectivity index (χ2n) is 4.70. The first-order valence-electron chi connectivity index (χ1n) is 6.29. The van der Waals surface area contributed by atoms with Gasteiger partial charge in [0.05, 0.1) is 28.7 Å². The van der Waals surface area contributed by atoms with Crippen LogP contribution in [0.2, 0.25) is 5.02 Å². The van der Waals surface area contributed by atoms with Crippen LogP contribution in [0.25, 0.3) is 0 Å². The molecule has 1 saturated heterocycles. The van der Waals surface area contributed by atoms with E-state index in [2.05, 4.69) is 0 Å². The molecule has 0 bridgehead atoms. The van der Waals surface area contributed by atoms with Gasteiger partial charge in [-0.25, -0.2) is 0 Å². The third kappa shape index (κ3) is 3.01. The van der Waals surface area contributed by atoms with Crippen molar-refractivity contribution in [1.29, 1.82) is 0 Å². The van der Waals surface area contributed by atoms with E-state index in [0.717, 1.165) is 19.4 Å². The fourth-order valence-corrected chi connectivity index (χ4v) is 2.72. The average molecular weight is 299 g/mol. The first-order chi connectivity index (χ1) is 9.52. The smallest absolute Gasteiger partial charge is 0.310 e. The largest absolute Gasteiger partial charge is 0.469 e. The number of carbonyl (C=O) groups excluding carboxylic acids is 1. The Morgan fingerprint density at radius 2 is 2.30 bits per heavy atom. The van der Waals surface area contributed by atoms with Crippen LogP contribution in [0.1, 0.15) is 12.8 Å². The third-order valence-electron chi connectivity index (χ3n) is 3.44. The van der Waals surface area contributed by atoms with E-state index in [-0.39, 0.29) is 17.6 Å². The van der Waals surface area contributed by atoms with E-state index in [1.807, 2.05) is 4.90 Å². The van der Waals surface area contributed by atoms with E-state index in [1.54, 1.807) is 6.07 Å². The molecule has 0 N–H and O–H groups in total. The number of anilines is 1. The molecule has 20 heavy (non-hydrogen) atoms. The second-order valence-corrected chi connectivity index (χ2v) is 5.11. The molecule has 1 atom stereocenters. The van der Waals surface area contributed by atoms with Crippen molar-refractivity contribution in [3.05, 3.63) is 33.3 Å². The van der Waals surface area contributed by atoms with Gasteiger partial charge in [0.1, 0.15) is 0 Å². The maximum atomic E-state index is 11.6. The van der Waals surface area contributed by atoms with Crippen molar-refractivity contribution in [2.24, 2.45) is 5.92 Å². The van der Waals surface area contributed by atoms with Gasteiger partial charge in [-0.3, -0.25) is 14.9 Å². The number of rotatable bonds is 3. The minimum absolute atomic E-state index is 0.0414. The van der Waals surface area contributed by atoms with Gasteiger partial charge in [0.15, 0.2) is 0 Å². The van der Waals surface area contributed by atoms with Gasteiger partial charge in [0.2, 0.25) is 0 Å². The lowest BCUT2D eigenvalue weighted by Crippen LogP contribution is -2.39. The molecule has 6 nitrogen and oxygen atoms in total. The summed E-state index contributed by atoms with van der Waals surface area (Å²) in [7, 11) is 1.38. The summed E-state index contributed by atoms with van der Waals surface area (Å²) in [6, 6.07) is 4.38.